The molecule has 0 heterocycles. The first-order valence-electron chi connectivity index (χ1n) is 3.14. The minimum Gasteiger partial charge on any atom is -0.430 e. The molecule has 5 nitrogen and oxygen atoms in total. The maximum atomic E-state index is 10.7. The number of primary amides is 1. The summed E-state index contributed by atoms with van der Waals surface area (Å²) in [5, 5.41) is 1.72. The molecule has 3 N–H and O–H groups in total. The standard InChI is InChI=1S/C7H10N2O3/c1-4-7(2,3)12-6(11)9-5(8)10/h1H,2-3H3,(H3,8,9,10,11). The molecule has 0 aromatic carbocycles. The lowest BCUT2D eigenvalue weighted by Gasteiger charge is -2.17. The SMILES string of the molecule is C#CC(C)(C)OC(=O)NC(N)=O. The molecule has 66 valence electrons. The number of nitrogens with two attached hydrogens (primary N) is 1. The Morgan fingerprint density at radius 2 is 2.08 bits per heavy atom. The van der Waals surface area contributed by atoms with Crippen molar-refractivity contribution in [1.82, 2.24) is 5.32 Å². The predicted octanol–water partition coefficient (Wildman–Crippen LogP) is 0.203. The second-order valence-corrected chi connectivity index (χ2v) is 2.53. The molecule has 12 heavy (non-hydrogen) atoms. The number of amides is 3. The molecule has 0 aliphatic heterocycles. The Balaban J connectivity index is 4.03. The summed E-state index contributed by atoms with van der Waals surface area (Å²) in [6.07, 6.45) is 4.06. The smallest absolute Gasteiger partial charge is 0.416 e. The zero-order valence-corrected chi connectivity index (χ0v) is 6.88. The van der Waals surface area contributed by atoms with E-state index in [2.05, 4.69) is 16.4 Å². The molecule has 0 atom stereocenters. The Labute approximate surface area is 70.3 Å². The van der Waals surface area contributed by atoms with Crippen molar-refractivity contribution >= 4 is 12.1 Å². The fraction of sp³-hybridized carbons (Fsp3) is 0.429. The van der Waals surface area contributed by atoms with Crippen molar-refractivity contribution in [3.05, 3.63) is 0 Å². The fourth-order valence-corrected chi connectivity index (χ4v) is 0.387. The van der Waals surface area contributed by atoms with Crippen LogP contribution in [0.2, 0.25) is 0 Å². The van der Waals surface area contributed by atoms with Crippen LogP contribution >= 0.6 is 0 Å². The number of ether oxygens (including phenoxy) is 1. The first-order chi connectivity index (χ1) is 5.37. The molecule has 0 aromatic rings. The highest BCUT2D eigenvalue weighted by Crippen LogP contribution is 2.06. The molecular formula is C7H10N2O3. The molecule has 0 aliphatic carbocycles. The van der Waals surface area contributed by atoms with Gasteiger partial charge < -0.3 is 10.5 Å². The summed E-state index contributed by atoms with van der Waals surface area (Å²) in [7, 11) is 0. The molecule has 0 saturated carbocycles. The number of urea groups is 1. The first-order valence-corrected chi connectivity index (χ1v) is 3.14. The Kier molecular flexibility index (Phi) is 3.11. The van der Waals surface area contributed by atoms with Crippen LogP contribution in [0, 0.1) is 12.3 Å². The van der Waals surface area contributed by atoms with Crippen LogP contribution in [0.1, 0.15) is 13.8 Å². The van der Waals surface area contributed by atoms with Gasteiger partial charge in [0, 0.05) is 0 Å². The molecule has 0 spiro atoms. The third kappa shape index (κ3) is 4.17. The lowest BCUT2D eigenvalue weighted by atomic mass is 10.2. The van der Waals surface area contributed by atoms with Crippen LogP contribution in [0.4, 0.5) is 9.59 Å². The first kappa shape index (κ1) is 10.3. The lowest BCUT2D eigenvalue weighted by molar-refractivity contribution is 0.0807. The van der Waals surface area contributed by atoms with E-state index in [0.717, 1.165) is 0 Å². The Hall–Kier alpha value is -1.70. The third-order valence-corrected chi connectivity index (χ3v) is 0.921. The zero-order valence-electron chi connectivity index (χ0n) is 6.88. The number of nitrogens with one attached hydrogen (secondary N) is 1. The van der Waals surface area contributed by atoms with Gasteiger partial charge in [-0.2, -0.15) is 0 Å². The number of terminal acetylenes is 1. The monoisotopic (exact) mass is 170 g/mol. The number of hydrogen-bond acceptors (Lipinski definition) is 3. The minimum atomic E-state index is -1.04. The molecule has 5 heteroatoms. The highest BCUT2D eigenvalue weighted by molar-refractivity contribution is 5.89. The van der Waals surface area contributed by atoms with Crippen LogP contribution in [-0.2, 0) is 4.74 Å². The molecule has 3 amide bonds. The zero-order chi connectivity index (χ0) is 9.78. The van der Waals surface area contributed by atoms with E-state index >= 15 is 0 Å². The van der Waals surface area contributed by atoms with E-state index in [1.54, 1.807) is 5.32 Å². The van der Waals surface area contributed by atoms with Crippen molar-refractivity contribution in [2.45, 2.75) is 19.4 Å². The fourth-order valence-electron chi connectivity index (χ4n) is 0.387. The van der Waals surface area contributed by atoms with E-state index < -0.39 is 17.7 Å². The van der Waals surface area contributed by atoms with Crippen molar-refractivity contribution in [1.29, 1.82) is 0 Å². The highest BCUT2D eigenvalue weighted by Gasteiger charge is 2.19. The lowest BCUT2D eigenvalue weighted by Crippen LogP contribution is -2.39. The molecule has 0 rings (SSSR count). The summed E-state index contributed by atoms with van der Waals surface area (Å²) in [5.74, 6) is 2.21. The molecule has 0 unspecified atom stereocenters. The predicted molar refractivity (Wildman–Crippen MR) is 42.1 cm³/mol. The van der Waals surface area contributed by atoms with Crippen molar-refractivity contribution in [2.24, 2.45) is 5.73 Å². The summed E-state index contributed by atoms with van der Waals surface area (Å²) in [6, 6.07) is -0.979. The summed E-state index contributed by atoms with van der Waals surface area (Å²) in [4.78, 5) is 20.8. The molecular weight excluding hydrogens is 160 g/mol. The van der Waals surface area contributed by atoms with Gasteiger partial charge in [0.25, 0.3) is 0 Å². The second kappa shape index (κ2) is 3.62. The van der Waals surface area contributed by atoms with Gasteiger partial charge in [-0.25, -0.2) is 14.9 Å². The maximum Gasteiger partial charge on any atom is 0.416 e. The number of hydrogen-bond donors (Lipinski definition) is 2. The van der Waals surface area contributed by atoms with Crippen LogP contribution in [0.25, 0.3) is 0 Å². The van der Waals surface area contributed by atoms with Gasteiger partial charge in [-0.3, -0.25) is 0 Å². The number of carbonyl (C=O) groups excluding carboxylic acids is 2. The largest absolute Gasteiger partial charge is 0.430 e. The average Bonchev–Trinajstić information content (AvgIpc) is 1.84. The van der Waals surface area contributed by atoms with Gasteiger partial charge in [-0.05, 0) is 13.8 Å². The third-order valence-electron chi connectivity index (χ3n) is 0.921. The number of alkyl carbamates (subject to hydrolysis) is 1. The van der Waals surface area contributed by atoms with Crippen LogP contribution in [0.15, 0.2) is 0 Å². The van der Waals surface area contributed by atoms with Gasteiger partial charge in [-0.1, -0.05) is 5.92 Å². The van der Waals surface area contributed by atoms with Crippen LogP contribution in [0.5, 0.6) is 0 Å². The Morgan fingerprint density at radius 1 is 1.58 bits per heavy atom. The minimum absolute atomic E-state index is 0.953. The molecule has 0 fully saturated rings. The van der Waals surface area contributed by atoms with Crippen LogP contribution in [0.3, 0.4) is 0 Å². The van der Waals surface area contributed by atoms with Gasteiger partial charge in [0.05, 0.1) is 0 Å². The van der Waals surface area contributed by atoms with E-state index in [1.807, 2.05) is 0 Å². The average molecular weight is 170 g/mol. The number of imide groups is 1. The van der Waals surface area contributed by atoms with E-state index in [4.69, 9.17) is 6.42 Å². The normalized spacial score (nSPS) is 9.75. The van der Waals surface area contributed by atoms with Crippen molar-refractivity contribution in [2.75, 3.05) is 0 Å². The van der Waals surface area contributed by atoms with Gasteiger partial charge in [0.2, 0.25) is 0 Å². The van der Waals surface area contributed by atoms with Crippen molar-refractivity contribution in [3.8, 4) is 12.3 Å². The number of rotatable bonds is 1. The summed E-state index contributed by atoms with van der Waals surface area (Å²) in [6.45, 7) is 3.02. The van der Waals surface area contributed by atoms with Crippen LogP contribution < -0.4 is 11.1 Å². The van der Waals surface area contributed by atoms with Gasteiger partial charge in [0.1, 0.15) is 0 Å². The van der Waals surface area contributed by atoms with Gasteiger partial charge in [-0.15, -0.1) is 6.42 Å². The molecule has 0 radical (unpaired) electrons. The van der Waals surface area contributed by atoms with E-state index in [9.17, 15) is 9.59 Å². The molecule has 0 aliphatic rings. The van der Waals surface area contributed by atoms with Gasteiger partial charge >= 0.3 is 12.1 Å². The highest BCUT2D eigenvalue weighted by atomic mass is 16.6. The van der Waals surface area contributed by atoms with Gasteiger partial charge in [0.15, 0.2) is 5.60 Å². The van der Waals surface area contributed by atoms with Crippen molar-refractivity contribution < 1.29 is 14.3 Å². The Morgan fingerprint density at radius 3 is 2.42 bits per heavy atom. The van der Waals surface area contributed by atoms with E-state index in [-0.39, 0.29) is 0 Å². The topological polar surface area (TPSA) is 81.4 Å². The molecule has 0 saturated heterocycles. The maximum absolute atomic E-state index is 10.7. The summed E-state index contributed by atoms with van der Waals surface area (Å²) in [5.41, 5.74) is 3.61. The van der Waals surface area contributed by atoms with E-state index in [0.29, 0.717) is 0 Å². The molecule has 0 aromatic heterocycles. The molecule has 0 bridgehead atoms. The summed E-state index contributed by atoms with van der Waals surface area (Å²) >= 11 is 0. The van der Waals surface area contributed by atoms with Crippen LogP contribution in [-0.4, -0.2) is 17.7 Å². The summed E-state index contributed by atoms with van der Waals surface area (Å²) < 4.78 is 4.61. The van der Waals surface area contributed by atoms with E-state index in [1.165, 1.54) is 13.8 Å². The van der Waals surface area contributed by atoms with Crippen molar-refractivity contribution in [3.63, 3.8) is 0 Å². The second-order valence-electron chi connectivity index (χ2n) is 2.53. The Bertz CT molecular complexity index is 240. The number of carbonyl (C=O) groups is 2. The quantitative estimate of drug-likeness (QED) is 0.551.